The number of rotatable bonds is 3. The van der Waals surface area contributed by atoms with Crippen molar-refractivity contribution in [2.45, 2.75) is 0 Å². The first-order valence-electron chi connectivity index (χ1n) is 5.35. The number of aromatic nitrogens is 2. The van der Waals surface area contributed by atoms with E-state index in [0.717, 1.165) is 5.69 Å². The smallest absolute Gasteiger partial charge is 0.270 e. The fraction of sp³-hybridized carbons (Fsp3) is 0. The topological polar surface area (TPSA) is 77.5 Å². The summed E-state index contributed by atoms with van der Waals surface area (Å²) in [6, 6.07) is 6.30. The van der Waals surface area contributed by atoms with E-state index in [-0.39, 0.29) is 5.69 Å². The summed E-state index contributed by atoms with van der Waals surface area (Å²) < 4.78 is 1.69. The molecule has 0 saturated heterocycles. The second-order valence-electron chi connectivity index (χ2n) is 3.85. The molecular formula is C12H7N3O3S. The number of aldehydes is 1. The van der Waals surface area contributed by atoms with Gasteiger partial charge in [-0.25, -0.2) is 4.98 Å². The zero-order valence-corrected chi connectivity index (χ0v) is 10.3. The molecule has 0 spiro atoms. The quantitative estimate of drug-likeness (QED) is 0.417. The third kappa shape index (κ3) is 1.80. The summed E-state index contributed by atoms with van der Waals surface area (Å²) in [7, 11) is 0. The molecule has 1 aromatic carbocycles. The fourth-order valence-electron chi connectivity index (χ4n) is 1.89. The standard InChI is InChI=1S/C12H7N3O3S/c16-6-10-5-13-12-14(10)11(7-19-12)8-2-1-3-9(4-8)15(17)18/h1-7H. The summed E-state index contributed by atoms with van der Waals surface area (Å²) >= 11 is 1.38. The molecule has 0 unspecified atom stereocenters. The maximum atomic E-state index is 11.0. The van der Waals surface area contributed by atoms with Crippen LogP contribution in [0.15, 0.2) is 35.8 Å². The predicted octanol–water partition coefficient (Wildman–Crippen LogP) is 2.78. The predicted molar refractivity (Wildman–Crippen MR) is 70.5 cm³/mol. The van der Waals surface area contributed by atoms with E-state index >= 15 is 0 Å². The monoisotopic (exact) mass is 273 g/mol. The Kier molecular flexibility index (Phi) is 2.60. The van der Waals surface area contributed by atoms with Crippen molar-refractivity contribution in [3.63, 3.8) is 0 Å². The molecule has 0 saturated carbocycles. The number of carbonyl (C=O) groups is 1. The maximum absolute atomic E-state index is 11.0. The number of hydrogen-bond acceptors (Lipinski definition) is 5. The number of nitro groups is 1. The summed E-state index contributed by atoms with van der Waals surface area (Å²) in [6.07, 6.45) is 2.20. The van der Waals surface area contributed by atoms with Crippen LogP contribution in [0.5, 0.6) is 0 Å². The van der Waals surface area contributed by atoms with E-state index in [9.17, 15) is 14.9 Å². The lowest BCUT2D eigenvalue weighted by Crippen LogP contribution is -1.93. The molecule has 2 aromatic heterocycles. The van der Waals surface area contributed by atoms with Gasteiger partial charge < -0.3 is 0 Å². The van der Waals surface area contributed by atoms with E-state index in [4.69, 9.17) is 0 Å². The number of nitrogens with zero attached hydrogens (tertiary/aromatic N) is 3. The van der Waals surface area contributed by atoms with Crippen LogP contribution in [0.1, 0.15) is 10.5 Å². The highest BCUT2D eigenvalue weighted by molar-refractivity contribution is 7.15. The molecule has 6 nitrogen and oxygen atoms in total. The van der Waals surface area contributed by atoms with Gasteiger partial charge in [-0.15, -0.1) is 11.3 Å². The van der Waals surface area contributed by atoms with Crippen LogP contribution in [-0.2, 0) is 0 Å². The molecule has 0 amide bonds. The average molecular weight is 273 g/mol. The summed E-state index contributed by atoms with van der Waals surface area (Å²) in [6.45, 7) is 0. The first-order chi connectivity index (χ1) is 9.20. The molecule has 94 valence electrons. The minimum absolute atomic E-state index is 0.0182. The molecule has 0 aliphatic carbocycles. The molecule has 19 heavy (non-hydrogen) atoms. The van der Waals surface area contributed by atoms with Crippen LogP contribution >= 0.6 is 11.3 Å². The largest absolute Gasteiger partial charge is 0.296 e. The summed E-state index contributed by atoms with van der Waals surface area (Å²) in [5.74, 6) is 0. The second-order valence-corrected chi connectivity index (χ2v) is 4.68. The maximum Gasteiger partial charge on any atom is 0.270 e. The van der Waals surface area contributed by atoms with Crippen molar-refractivity contribution in [1.29, 1.82) is 0 Å². The van der Waals surface area contributed by atoms with Crippen molar-refractivity contribution in [2.75, 3.05) is 0 Å². The van der Waals surface area contributed by atoms with Gasteiger partial charge in [0.05, 0.1) is 16.8 Å². The van der Waals surface area contributed by atoms with Crippen LogP contribution in [0.3, 0.4) is 0 Å². The van der Waals surface area contributed by atoms with Gasteiger partial charge in [0.25, 0.3) is 5.69 Å². The average Bonchev–Trinajstić information content (AvgIpc) is 2.99. The molecule has 0 radical (unpaired) electrons. The minimum Gasteiger partial charge on any atom is -0.296 e. The lowest BCUT2D eigenvalue weighted by atomic mass is 10.1. The van der Waals surface area contributed by atoms with E-state index in [1.54, 1.807) is 16.5 Å². The Hall–Kier alpha value is -2.54. The van der Waals surface area contributed by atoms with Crippen LogP contribution in [0.2, 0.25) is 0 Å². The van der Waals surface area contributed by atoms with Crippen LogP contribution in [0.25, 0.3) is 16.2 Å². The van der Waals surface area contributed by atoms with E-state index in [2.05, 4.69) is 4.98 Å². The number of thiazole rings is 1. The number of carbonyl (C=O) groups excluding carboxylic acids is 1. The Bertz CT molecular complexity index is 790. The van der Waals surface area contributed by atoms with Gasteiger partial charge >= 0.3 is 0 Å². The number of imidazole rings is 1. The van der Waals surface area contributed by atoms with Crippen molar-refractivity contribution in [3.05, 3.63) is 51.7 Å². The molecule has 0 aliphatic heterocycles. The Labute approximate surface area is 111 Å². The van der Waals surface area contributed by atoms with Gasteiger partial charge in [0.15, 0.2) is 11.2 Å². The Balaban J connectivity index is 2.24. The first-order valence-corrected chi connectivity index (χ1v) is 6.23. The van der Waals surface area contributed by atoms with Gasteiger partial charge in [-0.2, -0.15) is 0 Å². The van der Waals surface area contributed by atoms with Crippen molar-refractivity contribution in [2.24, 2.45) is 0 Å². The highest BCUT2D eigenvalue weighted by Crippen LogP contribution is 2.29. The molecule has 0 aliphatic rings. The number of fused-ring (bicyclic) bond motifs is 1. The van der Waals surface area contributed by atoms with Gasteiger partial charge in [0.1, 0.15) is 5.69 Å². The molecule has 0 N–H and O–H groups in total. The van der Waals surface area contributed by atoms with Gasteiger partial charge in [0.2, 0.25) is 0 Å². The second kappa shape index (κ2) is 4.29. The molecular weight excluding hydrogens is 266 g/mol. The SMILES string of the molecule is O=Cc1cnc2scc(-c3cccc([N+](=O)[O-])c3)n12. The fourth-order valence-corrected chi connectivity index (χ4v) is 2.77. The highest BCUT2D eigenvalue weighted by atomic mass is 32.1. The molecule has 7 heteroatoms. The Morgan fingerprint density at radius 1 is 1.42 bits per heavy atom. The molecule has 3 aromatic rings. The summed E-state index contributed by atoms with van der Waals surface area (Å²) in [5.41, 5.74) is 1.85. The Morgan fingerprint density at radius 3 is 3.00 bits per heavy atom. The molecule has 0 bridgehead atoms. The number of benzene rings is 1. The number of non-ortho nitro benzene ring substituents is 1. The van der Waals surface area contributed by atoms with Crippen molar-refractivity contribution >= 4 is 28.3 Å². The third-order valence-corrected chi connectivity index (χ3v) is 3.59. The van der Waals surface area contributed by atoms with E-state index in [1.165, 1.54) is 29.7 Å². The third-order valence-electron chi connectivity index (χ3n) is 2.75. The number of hydrogen-bond donors (Lipinski definition) is 0. The zero-order chi connectivity index (χ0) is 13.4. The van der Waals surface area contributed by atoms with Crippen molar-refractivity contribution in [1.82, 2.24) is 9.38 Å². The first kappa shape index (κ1) is 11.5. The van der Waals surface area contributed by atoms with E-state index in [1.807, 2.05) is 5.38 Å². The summed E-state index contributed by atoms with van der Waals surface area (Å²) in [5, 5.41) is 12.6. The van der Waals surface area contributed by atoms with Crippen LogP contribution in [0.4, 0.5) is 5.69 Å². The van der Waals surface area contributed by atoms with E-state index in [0.29, 0.717) is 22.5 Å². The lowest BCUT2D eigenvalue weighted by Gasteiger charge is -2.01. The van der Waals surface area contributed by atoms with E-state index < -0.39 is 4.92 Å². The zero-order valence-electron chi connectivity index (χ0n) is 9.52. The summed E-state index contributed by atoms with van der Waals surface area (Å²) in [4.78, 5) is 26.1. The van der Waals surface area contributed by atoms with Gasteiger partial charge in [-0.05, 0) is 0 Å². The van der Waals surface area contributed by atoms with Crippen LogP contribution < -0.4 is 0 Å². The van der Waals surface area contributed by atoms with Gasteiger partial charge in [-0.1, -0.05) is 12.1 Å². The highest BCUT2D eigenvalue weighted by Gasteiger charge is 2.13. The molecule has 0 fully saturated rings. The molecule has 0 atom stereocenters. The van der Waals surface area contributed by atoms with Crippen LogP contribution in [0, 0.1) is 10.1 Å². The Morgan fingerprint density at radius 2 is 2.26 bits per heavy atom. The minimum atomic E-state index is -0.443. The normalized spacial score (nSPS) is 10.7. The van der Waals surface area contributed by atoms with Crippen molar-refractivity contribution < 1.29 is 9.72 Å². The van der Waals surface area contributed by atoms with Crippen LogP contribution in [-0.4, -0.2) is 20.6 Å². The van der Waals surface area contributed by atoms with Gasteiger partial charge in [0, 0.05) is 23.1 Å². The molecule has 2 heterocycles. The lowest BCUT2D eigenvalue weighted by molar-refractivity contribution is -0.384. The number of nitro benzene ring substituents is 1. The van der Waals surface area contributed by atoms with Crippen molar-refractivity contribution in [3.8, 4) is 11.3 Å². The van der Waals surface area contributed by atoms with Gasteiger partial charge in [-0.3, -0.25) is 19.3 Å². The molecule has 3 rings (SSSR count).